The molecule has 1 saturated carbocycles. The highest BCUT2D eigenvalue weighted by Crippen LogP contribution is 2.56. The molecule has 0 spiro atoms. The van der Waals surface area contributed by atoms with Crippen LogP contribution in [0.5, 0.6) is 0 Å². The van der Waals surface area contributed by atoms with Crippen molar-refractivity contribution in [3.05, 3.63) is 0 Å². The van der Waals surface area contributed by atoms with E-state index in [1.165, 1.54) is 0 Å². The predicted octanol–water partition coefficient (Wildman–Crippen LogP) is 0.954. The monoisotopic (exact) mass is 129 g/mol. The number of rotatable bonds is 0. The van der Waals surface area contributed by atoms with E-state index in [0.29, 0.717) is 11.8 Å². The molecular weight excluding hydrogens is 117 g/mol. The van der Waals surface area contributed by atoms with Crippen LogP contribution in [0.4, 0.5) is 4.39 Å². The van der Waals surface area contributed by atoms with Crippen molar-refractivity contribution in [3.63, 3.8) is 0 Å². The van der Waals surface area contributed by atoms with E-state index >= 15 is 0 Å². The number of nitrogens with one attached hydrogen (secondary N) is 1. The number of halogens is 1. The standard InChI is InChI=1S/C7H12FN/c1-7(8)5-2-3-9-4-6(5)7/h5-6,9H,2-4H2,1H3. The van der Waals surface area contributed by atoms with Crippen molar-refractivity contribution < 1.29 is 4.39 Å². The van der Waals surface area contributed by atoms with E-state index in [1.54, 1.807) is 6.92 Å². The van der Waals surface area contributed by atoms with Crippen LogP contribution in [-0.4, -0.2) is 18.8 Å². The fourth-order valence-corrected chi connectivity index (χ4v) is 2.00. The SMILES string of the molecule is CC1(F)C2CCNCC21. The second kappa shape index (κ2) is 1.48. The molecule has 2 aliphatic rings. The van der Waals surface area contributed by atoms with Crippen LogP contribution < -0.4 is 5.32 Å². The number of hydrogen-bond donors (Lipinski definition) is 1. The topological polar surface area (TPSA) is 12.0 Å². The van der Waals surface area contributed by atoms with Crippen molar-refractivity contribution in [1.29, 1.82) is 0 Å². The lowest BCUT2D eigenvalue weighted by atomic mass is 10.2. The first-order valence-corrected chi connectivity index (χ1v) is 3.62. The highest BCUT2D eigenvalue weighted by Gasteiger charge is 2.62. The van der Waals surface area contributed by atoms with Crippen LogP contribution in [-0.2, 0) is 0 Å². The van der Waals surface area contributed by atoms with Gasteiger partial charge in [0, 0.05) is 18.4 Å². The molecule has 1 aliphatic heterocycles. The molecule has 1 saturated heterocycles. The van der Waals surface area contributed by atoms with Gasteiger partial charge in [-0.05, 0) is 19.9 Å². The molecule has 3 atom stereocenters. The van der Waals surface area contributed by atoms with Gasteiger partial charge < -0.3 is 5.32 Å². The molecule has 3 unspecified atom stereocenters. The molecule has 1 nitrogen and oxygen atoms in total. The van der Waals surface area contributed by atoms with Gasteiger partial charge in [0.15, 0.2) is 0 Å². The molecule has 0 aromatic heterocycles. The molecule has 2 fully saturated rings. The van der Waals surface area contributed by atoms with Crippen LogP contribution in [0, 0.1) is 11.8 Å². The Morgan fingerprint density at radius 3 is 2.78 bits per heavy atom. The number of piperidine rings is 1. The van der Waals surface area contributed by atoms with E-state index in [4.69, 9.17) is 0 Å². The molecule has 1 N–H and O–H groups in total. The van der Waals surface area contributed by atoms with E-state index in [-0.39, 0.29) is 0 Å². The van der Waals surface area contributed by atoms with Crippen molar-refractivity contribution in [3.8, 4) is 0 Å². The summed E-state index contributed by atoms with van der Waals surface area (Å²) in [4.78, 5) is 0. The maximum Gasteiger partial charge on any atom is 0.116 e. The highest BCUT2D eigenvalue weighted by molar-refractivity contribution is 5.12. The Morgan fingerprint density at radius 1 is 1.56 bits per heavy atom. The Labute approximate surface area is 54.6 Å². The summed E-state index contributed by atoms with van der Waals surface area (Å²) in [7, 11) is 0. The van der Waals surface area contributed by atoms with Gasteiger partial charge in [0.25, 0.3) is 0 Å². The minimum absolute atomic E-state index is 0.339. The third kappa shape index (κ3) is 0.627. The summed E-state index contributed by atoms with van der Waals surface area (Å²) >= 11 is 0. The smallest absolute Gasteiger partial charge is 0.116 e. The van der Waals surface area contributed by atoms with Gasteiger partial charge in [-0.3, -0.25) is 0 Å². The van der Waals surface area contributed by atoms with Gasteiger partial charge in [0.1, 0.15) is 5.67 Å². The third-order valence-electron chi connectivity index (χ3n) is 2.82. The van der Waals surface area contributed by atoms with Gasteiger partial charge in [-0.15, -0.1) is 0 Å². The molecule has 0 aromatic rings. The van der Waals surface area contributed by atoms with Crippen molar-refractivity contribution >= 4 is 0 Å². The molecule has 0 amide bonds. The van der Waals surface area contributed by atoms with E-state index in [0.717, 1.165) is 19.5 Å². The zero-order valence-corrected chi connectivity index (χ0v) is 5.65. The zero-order chi connectivity index (χ0) is 6.48. The highest BCUT2D eigenvalue weighted by atomic mass is 19.1. The van der Waals surface area contributed by atoms with Gasteiger partial charge in [-0.2, -0.15) is 0 Å². The maximum absolute atomic E-state index is 13.1. The second-order valence-corrected chi connectivity index (χ2v) is 3.36. The quantitative estimate of drug-likeness (QED) is 0.513. The summed E-state index contributed by atoms with van der Waals surface area (Å²) in [6.07, 6.45) is 1.04. The molecule has 0 radical (unpaired) electrons. The van der Waals surface area contributed by atoms with Crippen LogP contribution in [0.25, 0.3) is 0 Å². The van der Waals surface area contributed by atoms with Crippen molar-refractivity contribution in [2.45, 2.75) is 19.0 Å². The number of alkyl halides is 1. The van der Waals surface area contributed by atoms with Gasteiger partial charge in [-0.25, -0.2) is 4.39 Å². The van der Waals surface area contributed by atoms with Crippen LogP contribution in [0.15, 0.2) is 0 Å². The average Bonchev–Trinajstić information content (AvgIpc) is 2.39. The molecule has 2 rings (SSSR count). The molecule has 0 bridgehead atoms. The Kier molecular flexibility index (Phi) is 0.933. The van der Waals surface area contributed by atoms with Crippen LogP contribution in [0.1, 0.15) is 13.3 Å². The van der Waals surface area contributed by atoms with E-state index < -0.39 is 5.67 Å². The van der Waals surface area contributed by atoms with Gasteiger partial charge in [0.05, 0.1) is 0 Å². The van der Waals surface area contributed by atoms with Crippen LogP contribution in [0.3, 0.4) is 0 Å². The number of hydrogen-bond acceptors (Lipinski definition) is 1. The van der Waals surface area contributed by atoms with Gasteiger partial charge in [-0.1, -0.05) is 0 Å². The summed E-state index contributed by atoms with van der Waals surface area (Å²) in [5, 5.41) is 3.19. The van der Waals surface area contributed by atoms with Crippen LogP contribution in [0.2, 0.25) is 0 Å². The van der Waals surface area contributed by atoms with E-state index in [9.17, 15) is 4.39 Å². The first kappa shape index (κ1) is 5.66. The summed E-state index contributed by atoms with van der Waals surface area (Å²) in [6, 6.07) is 0. The summed E-state index contributed by atoms with van der Waals surface area (Å²) in [5.74, 6) is 0.727. The largest absolute Gasteiger partial charge is 0.316 e. The lowest BCUT2D eigenvalue weighted by Crippen LogP contribution is -2.23. The Bertz CT molecular complexity index is 119. The predicted molar refractivity (Wildman–Crippen MR) is 34.0 cm³/mol. The molecular formula is C7H12FN. The molecule has 1 heterocycles. The summed E-state index contributed by atoms with van der Waals surface area (Å²) < 4.78 is 13.1. The lowest BCUT2D eigenvalue weighted by Gasteiger charge is -2.06. The van der Waals surface area contributed by atoms with Crippen molar-refractivity contribution in [1.82, 2.24) is 5.32 Å². The Balaban J connectivity index is 2.06. The van der Waals surface area contributed by atoms with E-state index in [2.05, 4.69) is 5.32 Å². The maximum atomic E-state index is 13.1. The Morgan fingerprint density at radius 2 is 2.33 bits per heavy atom. The molecule has 2 heteroatoms. The molecule has 52 valence electrons. The first-order valence-electron chi connectivity index (χ1n) is 3.62. The Hall–Kier alpha value is -0.110. The van der Waals surface area contributed by atoms with Gasteiger partial charge >= 0.3 is 0 Å². The minimum atomic E-state index is -0.816. The van der Waals surface area contributed by atoms with Crippen LogP contribution >= 0.6 is 0 Å². The summed E-state index contributed by atoms with van der Waals surface area (Å²) in [6.45, 7) is 3.65. The van der Waals surface area contributed by atoms with Crippen molar-refractivity contribution in [2.75, 3.05) is 13.1 Å². The zero-order valence-electron chi connectivity index (χ0n) is 5.65. The first-order chi connectivity index (χ1) is 4.23. The van der Waals surface area contributed by atoms with E-state index in [1.807, 2.05) is 0 Å². The molecule has 0 aromatic carbocycles. The summed E-state index contributed by atoms with van der Waals surface area (Å²) in [5.41, 5.74) is -0.816. The normalized spacial score (nSPS) is 56.7. The second-order valence-electron chi connectivity index (χ2n) is 3.36. The minimum Gasteiger partial charge on any atom is -0.316 e. The fourth-order valence-electron chi connectivity index (χ4n) is 2.00. The lowest BCUT2D eigenvalue weighted by molar-refractivity contribution is 0.295. The average molecular weight is 129 g/mol. The molecule has 1 aliphatic carbocycles. The van der Waals surface area contributed by atoms with Crippen molar-refractivity contribution in [2.24, 2.45) is 11.8 Å². The molecule has 9 heavy (non-hydrogen) atoms. The number of fused-ring (bicyclic) bond motifs is 1. The van der Waals surface area contributed by atoms with Gasteiger partial charge in [0.2, 0.25) is 0 Å². The fraction of sp³-hybridized carbons (Fsp3) is 1.00. The third-order valence-corrected chi connectivity index (χ3v) is 2.82.